The van der Waals surface area contributed by atoms with Crippen LogP contribution in [-0.4, -0.2) is 19.1 Å². The van der Waals surface area contributed by atoms with Gasteiger partial charge in [0, 0.05) is 24.7 Å². The van der Waals surface area contributed by atoms with E-state index in [9.17, 15) is 4.79 Å². The summed E-state index contributed by atoms with van der Waals surface area (Å²) in [5, 5.41) is 11.3. The normalized spacial score (nSPS) is 13.0. The van der Waals surface area contributed by atoms with Gasteiger partial charge in [0.25, 0.3) is 0 Å². The van der Waals surface area contributed by atoms with Gasteiger partial charge in [-0.15, -0.1) is 0 Å². The Hall–Kier alpha value is -2.06. The summed E-state index contributed by atoms with van der Waals surface area (Å²) in [6.45, 7) is 4.59. The molecule has 21 heavy (non-hydrogen) atoms. The van der Waals surface area contributed by atoms with Gasteiger partial charge >= 0.3 is 0 Å². The second-order valence-corrected chi connectivity index (χ2v) is 5.21. The highest BCUT2D eigenvalue weighted by molar-refractivity contribution is 5.95. The van der Waals surface area contributed by atoms with Crippen LogP contribution in [0.5, 0.6) is 5.75 Å². The van der Waals surface area contributed by atoms with E-state index in [2.05, 4.69) is 11.4 Å². The number of amides is 1. The molecule has 5 heteroatoms. The van der Waals surface area contributed by atoms with Crippen molar-refractivity contribution in [1.82, 2.24) is 0 Å². The molecule has 5 nitrogen and oxygen atoms in total. The van der Waals surface area contributed by atoms with Gasteiger partial charge in [0.05, 0.1) is 18.1 Å². The third kappa shape index (κ3) is 5.09. The minimum Gasteiger partial charge on any atom is -0.493 e. The number of nitrogens with one attached hydrogen (secondary N) is 1. The maximum Gasteiger partial charge on any atom is 0.231 e. The Bertz CT molecular complexity index is 504. The van der Waals surface area contributed by atoms with Gasteiger partial charge in [0.1, 0.15) is 5.75 Å². The van der Waals surface area contributed by atoms with Crippen LogP contribution in [-0.2, 0) is 4.79 Å². The molecule has 1 amide bonds. The minimum atomic E-state index is -0.566. The molecule has 114 valence electrons. The van der Waals surface area contributed by atoms with Crippen molar-refractivity contribution in [2.75, 3.05) is 18.5 Å². The van der Waals surface area contributed by atoms with Crippen LogP contribution in [0.1, 0.15) is 33.1 Å². The van der Waals surface area contributed by atoms with E-state index in [0.29, 0.717) is 43.9 Å². The Morgan fingerprint density at radius 2 is 2.29 bits per heavy atom. The van der Waals surface area contributed by atoms with E-state index in [1.54, 1.807) is 6.07 Å². The van der Waals surface area contributed by atoms with Gasteiger partial charge in [-0.05, 0) is 31.9 Å². The van der Waals surface area contributed by atoms with Crippen LogP contribution in [0.25, 0.3) is 0 Å². The quantitative estimate of drug-likeness (QED) is 0.720. The molecule has 0 saturated heterocycles. The number of hydrogen-bond donors (Lipinski definition) is 2. The second kappa shape index (κ2) is 8.28. The number of anilines is 1. The first-order chi connectivity index (χ1) is 10.1. The van der Waals surface area contributed by atoms with Gasteiger partial charge in [-0.1, -0.05) is 13.0 Å². The highest BCUT2D eigenvalue weighted by Gasteiger charge is 2.29. The van der Waals surface area contributed by atoms with Crippen molar-refractivity contribution < 1.29 is 9.53 Å². The van der Waals surface area contributed by atoms with Crippen molar-refractivity contribution in [3.8, 4) is 11.8 Å². The molecule has 3 N–H and O–H groups in total. The van der Waals surface area contributed by atoms with Crippen LogP contribution in [0.3, 0.4) is 0 Å². The molecule has 0 aromatic heterocycles. The number of benzene rings is 1. The Balaban J connectivity index is 2.64. The molecule has 1 unspecified atom stereocenters. The van der Waals surface area contributed by atoms with Crippen molar-refractivity contribution in [3.05, 3.63) is 24.3 Å². The number of carbonyl (C=O) groups excluding carboxylic acids is 1. The first kappa shape index (κ1) is 17.0. The molecule has 0 saturated carbocycles. The van der Waals surface area contributed by atoms with E-state index in [4.69, 9.17) is 15.7 Å². The molecule has 1 atom stereocenters. The third-order valence-corrected chi connectivity index (χ3v) is 3.57. The fourth-order valence-electron chi connectivity index (χ4n) is 1.68. The predicted molar refractivity (Wildman–Crippen MR) is 82.9 cm³/mol. The van der Waals surface area contributed by atoms with Crippen molar-refractivity contribution in [2.45, 2.75) is 33.1 Å². The lowest BCUT2D eigenvalue weighted by Crippen LogP contribution is -2.39. The standard InChI is InChI=1S/C16H23N3O2/c1-3-16(2,12-18)15(20)19-13-7-6-8-14(11-13)21-10-5-4-9-17/h6-8,11H,3-5,10,12,18H2,1-2H3,(H,19,20). The molecule has 0 heterocycles. The van der Waals surface area contributed by atoms with Gasteiger partial charge in [-0.25, -0.2) is 0 Å². The number of nitrogens with zero attached hydrogens (tertiary/aromatic N) is 1. The van der Waals surface area contributed by atoms with Gasteiger partial charge in [-0.2, -0.15) is 5.26 Å². The highest BCUT2D eigenvalue weighted by Crippen LogP contribution is 2.24. The second-order valence-electron chi connectivity index (χ2n) is 5.21. The lowest BCUT2D eigenvalue weighted by molar-refractivity contribution is -0.124. The monoisotopic (exact) mass is 289 g/mol. The Morgan fingerprint density at radius 3 is 2.90 bits per heavy atom. The molecule has 0 aliphatic carbocycles. The number of nitrogens with two attached hydrogens (primary N) is 1. The number of unbranched alkanes of at least 4 members (excludes halogenated alkanes) is 1. The van der Waals surface area contributed by atoms with Crippen LogP contribution in [0.15, 0.2) is 24.3 Å². The zero-order chi connectivity index (χ0) is 15.7. The Morgan fingerprint density at radius 1 is 1.52 bits per heavy atom. The molecule has 1 rings (SSSR count). The highest BCUT2D eigenvalue weighted by atomic mass is 16.5. The third-order valence-electron chi connectivity index (χ3n) is 3.57. The number of ether oxygens (including phenoxy) is 1. The lowest BCUT2D eigenvalue weighted by Gasteiger charge is -2.25. The van der Waals surface area contributed by atoms with E-state index in [-0.39, 0.29) is 5.91 Å². The number of nitriles is 1. The largest absolute Gasteiger partial charge is 0.493 e. The van der Waals surface area contributed by atoms with Crippen molar-refractivity contribution in [3.63, 3.8) is 0 Å². The average molecular weight is 289 g/mol. The fraction of sp³-hybridized carbons (Fsp3) is 0.500. The summed E-state index contributed by atoms with van der Waals surface area (Å²) in [5.41, 5.74) is 5.80. The maximum atomic E-state index is 12.2. The molecule has 0 fully saturated rings. The van der Waals surface area contributed by atoms with Crippen LogP contribution in [0.2, 0.25) is 0 Å². The summed E-state index contributed by atoms with van der Waals surface area (Å²) in [6, 6.07) is 9.30. The van der Waals surface area contributed by atoms with E-state index < -0.39 is 5.41 Å². The fourth-order valence-corrected chi connectivity index (χ4v) is 1.68. The summed E-state index contributed by atoms with van der Waals surface area (Å²) in [6.07, 6.45) is 1.84. The van der Waals surface area contributed by atoms with E-state index in [1.807, 2.05) is 32.0 Å². The molecule has 0 aliphatic rings. The molecular weight excluding hydrogens is 266 g/mol. The smallest absolute Gasteiger partial charge is 0.231 e. The SMILES string of the molecule is CCC(C)(CN)C(=O)Nc1cccc(OCCCC#N)c1. The zero-order valence-electron chi connectivity index (χ0n) is 12.7. The van der Waals surface area contributed by atoms with Gasteiger partial charge in [-0.3, -0.25) is 4.79 Å². The summed E-state index contributed by atoms with van der Waals surface area (Å²) in [5.74, 6) is 0.589. The van der Waals surface area contributed by atoms with Gasteiger partial charge in [0.2, 0.25) is 5.91 Å². The van der Waals surface area contributed by atoms with E-state index in [0.717, 1.165) is 0 Å². The predicted octanol–water partition coefficient (Wildman–Crippen LogP) is 2.68. The van der Waals surface area contributed by atoms with E-state index in [1.165, 1.54) is 0 Å². The average Bonchev–Trinajstić information content (AvgIpc) is 2.51. The first-order valence-corrected chi connectivity index (χ1v) is 7.17. The zero-order valence-corrected chi connectivity index (χ0v) is 12.7. The molecule has 1 aromatic rings. The van der Waals surface area contributed by atoms with Crippen LogP contribution in [0, 0.1) is 16.7 Å². The van der Waals surface area contributed by atoms with Crippen LogP contribution < -0.4 is 15.8 Å². The molecule has 0 bridgehead atoms. The molecule has 0 spiro atoms. The summed E-state index contributed by atoms with van der Waals surface area (Å²) >= 11 is 0. The molecule has 1 aromatic carbocycles. The molecule has 0 radical (unpaired) electrons. The number of rotatable bonds is 8. The van der Waals surface area contributed by atoms with Gasteiger partial charge in [0.15, 0.2) is 0 Å². The maximum absolute atomic E-state index is 12.2. The number of hydrogen-bond acceptors (Lipinski definition) is 4. The van der Waals surface area contributed by atoms with Crippen molar-refractivity contribution in [1.29, 1.82) is 5.26 Å². The summed E-state index contributed by atoms with van der Waals surface area (Å²) in [4.78, 5) is 12.2. The van der Waals surface area contributed by atoms with Crippen molar-refractivity contribution >= 4 is 11.6 Å². The Kier molecular flexibility index (Phi) is 6.70. The topological polar surface area (TPSA) is 88.1 Å². The van der Waals surface area contributed by atoms with Gasteiger partial charge < -0.3 is 15.8 Å². The molecule has 0 aliphatic heterocycles. The first-order valence-electron chi connectivity index (χ1n) is 7.17. The Labute approximate surface area is 126 Å². The number of carbonyl (C=O) groups is 1. The lowest BCUT2D eigenvalue weighted by atomic mass is 9.86. The minimum absolute atomic E-state index is 0.0888. The van der Waals surface area contributed by atoms with Crippen LogP contribution >= 0.6 is 0 Å². The summed E-state index contributed by atoms with van der Waals surface area (Å²) in [7, 11) is 0. The van der Waals surface area contributed by atoms with Crippen molar-refractivity contribution in [2.24, 2.45) is 11.1 Å². The summed E-state index contributed by atoms with van der Waals surface area (Å²) < 4.78 is 5.54. The molecular formula is C16H23N3O2. The van der Waals surface area contributed by atoms with E-state index >= 15 is 0 Å². The van der Waals surface area contributed by atoms with Crippen LogP contribution in [0.4, 0.5) is 5.69 Å².